The predicted octanol–water partition coefficient (Wildman–Crippen LogP) is 2.85. The molecule has 0 bridgehead atoms. The first-order valence-corrected chi connectivity index (χ1v) is 11.5. The maximum absolute atomic E-state index is 12.8. The highest BCUT2D eigenvalue weighted by atomic mass is 32.2. The van der Waals surface area contributed by atoms with E-state index in [9.17, 15) is 8.42 Å². The van der Waals surface area contributed by atoms with Gasteiger partial charge >= 0.3 is 0 Å². The number of piperidine rings is 1. The summed E-state index contributed by atoms with van der Waals surface area (Å²) in [5, 5.41) is 3.22. The Morgan fingerprint density at radius 3 is 2.28 bits per heavy atom. The number of benzene rings is 1. The van der Waals surface area contributed by atoms with Crippen molar-refractivity contribution in [3.63, 3.8) is 0 Å². The molecule has 1 aromatic carbocycles. The summed E-state index contributed by atoms with van der Waals surface area (Å²) in [6.07, 6.45) is 2.96. The van der Waals surface area contributed by atoms with Gasteiger partial charge in [0.15, 0.2) is 0 Å². The topological polar surface area (TPSA) is 91.3 Å². The molecule has 9 heteroatoms. The van der Waals surface area contributed by atoms with Crippen molar-refractivity contribution in [2.24, 2.45) is 0 Å². The Morgan fingerprint density at radius 2 is 1.69 bits per heavy atom. The van der Waals surface area contributed by atoms with E-state index >= 15 is 0 Å². The van der Waals surface area contributed by atoms with E-state index in [1.165, 1.54) is 0 Å². The molecule has 0 aliphatic carbocycles. The first kappa shape index (κ1) is 21.4. The van der Waals surface area contributed by atoms with Crippen LogP contribution in [0.4, 0.5) is 11.9 Å². The van der Waals surface area contributed by atoms with Crippen LogP contribution in [0.25, 0.3) is 0 Å². The standard InChI is InChI=1S/C20H30N6O2S/c1-15(2)18-22-19(24-20(23-18)25(3)4)21-14-16-8-10-17(11-9-16)29(27,28)26-12-6-5-7-13-26/h8-11,15H,5-7,12-14H2,1-4H3,(H,21,22,23,24). The largest absolute Gasteiger partial charge is 0.350 e. The van der Waals surface area contributed by atoms with Crippen LogP contribution in [0.2, 0.25) is 0 Å². The fraction of sp³-hybridized carbons (Fsp3) is 0.550. The lowest BCUT2D eigenvalue weighted by Gasteiger charge is -2.25. The first-order valence-electron chi connectivity index (χ1n) is 10.0. The summed E-state index contributed by atoms with van der Waals surface area (Å²) in [6.45, 7) is 5.80. The van der Waals surface area contributed by atoms with Crippen LogP contribution in [0.3, 0.4) is 0 Å². The molecule has 0 amide bonds. The van der Waals surface area contributed by atoms with Crippen LogP contribution in [-0.4, -0.2) is 54.9 Å². The van der Waals surface area contributed by atoms with Gasteiger partial charge in [-0.15, -0.1) is 0 Å². The number of sulfonamides is 1. The predicted molar refractivity (Wildman–Crippen MR) is 115 cm³/mol. The Hall–Kier alpha value is -2.26. The molecular formula is C20H30N6O2S. The van der Waals surface area contributed by atoms with Crippen molar-refractivity contribution in [2.75, 3.05) is 37.4 Å². The van der Waals surface area contributed by atoms with Crippen LogP contribution in [0.15, 0.2) is 29.2 Å². The Labute approximate surface area is 173 Å². The lowest BCUT2D eigenvalue weighted by atomic mass is 10.2. The number of hydrogen-bond donors (Lipinski definition) is 1. The summed E-state index contributed by atoms with van der Waals surface area (Å²) in [5.41, 5.74) is 0.959. The minimum atomic E-state index is -3.40. The molecule has 1 fully saturated rings. The van der Waals surface area contributed by atoms with Gasteiger partial charge in [-0.05, 0) is 30.5 Å². The summed E-state index contributed by atoms with van der Waals surface area (Å²) in [6, 6.07) is 7.03. The summed E-state index contributed by atoms with van der Waals surface area (Å²) in [7, 11) is 0.385. The lowest BCUT2D eigenvalue weighted by molar-refractivity contribution is 0.346. The Bertz CT molecular complexity index is 896. The van der Waals surface area contributed by atoms with Crippen molar-refractivity contribution >= 4 is 21.9 Å². The molecule has 2 heterocycles. The minimum Gasteiger partial charge on any atom is -0.350 e. The highest BCUT2D eigenvalue weighted by molar-refractivity contribution is 7.89. The molecule has 0 spiro atoms. The van der Waals surface area contributed by atoms with Crippen LogP contribution in [-0.2, 0) is 16.6 Å². The fourth-order valence-electron chi connectivity index (χ4n) is 3.13. The first-order chi connectivity index (χ1) is 13.8. The Kier molecular flexibility index (Phi) is 6.69. The molecule has 0 radical (unpaired) electrons. The van der Waals surface area contributed by atoms with Crippen LogP contribution in [0.1, 0.15) is 50.4 Å². The molecule has 158 valence electrons. The quantitative estimate of drug-likeness (QED) is 0.739. The van der Waals surface area contributed by atoms with E-state index in [0.29, 0.717) is 36.4 Å². The highest BCUT2D eigenvalue weighted by Gasteiger charge is 2.25. The number of nitrogens with one attached hydrogen (secondary N) is 1. The van der Waals surface area contributed by atoms with E-state index < -0.39 is 10.0 Å². The SMILES string of the molecule is CC(C)c1nc(NCc2ccc(S(=O)(=O)N3CCCCC3)cc2)nc(N(C)C)n1. The van der Waals surface area contributed by atoms with Gasteiger partial charge in [-0.25, -0.2) is 8.42 Å². The fourth-order valence-corrected chi connectivity index (χ4v) is 4.65. The Balaban J connectivity index is 1.70. The molecule has 29 heavy (non-hydrogen) atoms. The number of nitrogens with zero attached hydrogens (tertiary/aromatic N) is 5. The van der Waals surface area contributed by atoms with Gasteiger partial charge in [0, 0.05) is 39.6 Å². The van der Waals surface area contributed by atoms with Gasteiger partial charge in [0.05, 0.1) is 4.90 Å². The molecule has 0 atom stereocenters. The van der Waals surface area contributed by atoms with Gasteiger partial charge in [-0.1, -0.05) is 32.4 Å². The van der Waals surface area contributed by atoms with Crippen molar-refractivity contribution in [1.29, 1.82) is 0 Å². The zero-order valence-corrected chi connectivity index (χ0v) is 18.4. The lowest BCUT2D eigenvalue weighted by Crippen LogP contribution is -2.35. The molecule has 8 nitrogen and oxygen atoms in total. The molecule has 1 aromatic heterocycles. The molecule has 1 N–H and O–H groups in total. The molecule has 2 aromatic rings. The Morgan fingerprint density at radius 1 is 1.03 bits per heavy atom. The number of aromatic nitrogens is 3. The zero-order chi connectivity index (χ0) is 21.0. The number of anilines is 2. The minimum absolute atomic E-state index is 0.191. The maximum Gasteiger partial charge on any atom is 0.243 e. The molecule has 1 saturated heterocycles. The summed E-state index contributed by atoms with van der Waals surface area (Å²) < 4.78 is 27.1. The van der Waals surface area contributed by atoms with Crippen LogP contribution in [0, 0.1) is 0 Å². The van der Waals surface area contributed by atoms with Crippen molar-refractivity contribution < 1.29 is 8.42 Å². The van der Waals surface area contributed by atoms with Crippen molar-refractivity contribution in [2.45, 2.75) is 50.5 Å². The van der Waals surface area contributed by atoms with Crippen molar-refractivity contribution in [3.8, 4) is 0 Å². The second kappa shape index (κ2) is 9.04. The second-order valence-corrected chi connectivity index (χ2v) is 9.77. The van der Waals surface area contributed by atoms with Crippen LogP contribution >= 0.6 is 0 Å². The molecule has 1 aliphatic rings. The van der Waals surface area contributed by atoms with Gasteiger partial charge in [0.1, 0.15) is 5.82 Å². The van der Waals surface area contributed by atoms with E-state index in [0.717, 1.165) is 30.7 Å². The molecule has 3 rings (SSSR count). The maximum atomic E-state index is 12.8. The highest BCUT2D eigenvalue weighted by Crippen LogP contribution is 2.21. The third kappa shape index (κ3) is 5.22. The van der Waals surface area contributed by atoms with E-state index in [1.807, 2.05) is 45.0 Å². The normalized spacial score (nSPS) is 15.5. The number of hydrogen-bond acceptors (Lipinski definition) is 7. The van der Waals surface area contributed by atoms with Crippen molar-refractivity contribution in [3.05, 3.63) is 35.7 Å². The van der Waals surface area contributed by atoms with E-state index in [1.54, 1.807) is 16.4 Å². The third-order valence-corrected chi connectivity index (χ3v) is 6.80. The van der Waals surface area contributed by atoms with Gasteiger partial charge in [-0.2, -0.15) is 19.3 Å². The van der Waals surface area contributed by atoms with E-state index in [4.69, 9.17) is 0 Å². The molecular weight excluding hydrogens is 388 g/mol. The number of rotatable bonds is 7. The van der Waals surface area contributed by atoms with Crippen LogP contribution < -0.4 is 10.2 Å². The second-order valence-electron chi connectivity index (χ2n) is 7.83. The molecule has 0 saturated carbocycles. The van der Waals surface area contributed by atoms with E-state index in [2.05, 4.69) is 20.3 Å². The average Bonchev–Trinajstić information content (AvgIpc) is 2.73. The van der Waals surface area contributed by atoms with E-state index in [-0.39, 0.29) is 5.92 Å². The summed E-state index contributed by atoms with van der Waals surface area (Å²) in [5.74, 6) is 2.04. The van der Waals surface area contributed by atoms with Crippen molar-refractivity contribution in [1.82, 2.24) is 19.3 Å². The average molecular weight is 419 g/mol. The smallest absolute Gasteiger partial charge is 0.243 e. The van der Waals surface area contributed by atoms with Gasteiger partial charge < -0.3 is 10.2 Å². The monoisotopic (exact) mass is 418 g/mol. The summed E-state index contributed by atoms with van der Waals surface area (Å²) in [4.78, 5) is 15.6. The molecule has 0 unspecified atom stereocenters. The van der Waals surface area contributed by atoms with Gasteiger partial charge in [0.25, 0.3) is 0 Å². The zero-order valence-electron chi connectivity index (χ0n) is 17.6. The van der Waals surface area contributed by atoms with Gasteiger partial charge in [0.2, 0.25) is 21.9 Å². The third-order valence-electron chi connectivity index (χ3n) is 4.88. The van der Waals surface area contributed by atoms with Crippen LogP contribution in [0.5, 0.6) is 0 Å². The summed E-state index contributed by atoms with van der Waals surface area (Å²) >= 11 is 0. The molecule has 1 aliphatic heterocycles. The van der Waals surface area contributed by atoms with Gasteiger partial charge in [-0.3, -0.25) is 0 Å².